The summed E-state index contributed by atoms with van der Waals surface area (Å²) in [6.07, 6.45) is 14.3. The van der Waals surface area contributed by atoms with Gasteiger partial charge in [-0.05, 0) is 39.5 Å². The lowest BCUT2D eigenvalue weighted by Crippen LogP contribution is -2.57. The molecule has 4 fully saturated rings. The molecule has 3 aliphatic heterocycles. The standard InChI is InChI=1S/C25H37N3O4/c1-15(2)28-21(23(30)27-17-11-7-4-8-12-17)25-14-13-18(32-25)19(20(25)24(28)31)22(29)26-16-9-5-3-6-10-16/h13-21H,3-12H2,1-2H3,(H,26,29)(H,27,30)/t18-,19+,20-,21+,25-/m1/s1. The zero-order valence-electron chi connectivity index (χ0n) is 19.3. The number of rotatable bonds is 5. The van der Waals surface area contributed by atoms with Crippen LogP contribution in [-0.2, 0) is 19.1 Å². The van der Waals surface area contributed by atoms with Crippen LogP contribution in [0.4, 0.5) is 0 Å². The molecule has 2 saturated heterocycles. The highest BCUT2D eigenvalue weighted by atomic mass is 16.5. The summed E-state index contributed by atoms with van der Waals surface area (Å²) < 4.78 is 6.39. The van der Waals surface area contributed by atoms with Crippen molar-refractivity contribution in [2.75, 3.05) is 0 Å². The molecular formula is C25H37N3O4. The van der Waals surface area contributed by atoms with Gasteiger partial charge in [0.15, 0.2) is 0 Å². The maximum absolute atomic E-state index is 13.7. The minimum absolute atomic E-state index is 0.0940. The summed E-state index contributed by atoms with van der Waals surface area (Å²) in [6.45, 7) is 3.87. The first-order valence-corrected chi connectivity index (χ1v) is 12.7. The van der Waals surface area contributed by atoms with Gasteiger partial charge >= 0.3 is 0 Å². The summed E-state index contributed by atoms with van der Waals surface area (Å²) in [7, 11) is 0. The van der Waals surface area contributed by atoms with Gasteiger partial charge in [-0.2, -0.15) is 0 Å². The van der Waals surface area contributed by atoms with Crippen molar-refractivity contribution < 1.29 is 19.1 Å². The molecule has 7 nitrogen and oxygen atoms in total. The molecule has 3 amide bonds. The van der Waals surface area contributed by atoms with Crippen molar-refractivity contribution in [2.45, 2.75) is 114 Å². The van der Waals surface area contributed by atoms with Crippen molar-refractivity contribution in [3.05, 3.63) is 12.2 Å². The van der Waals surface area contributed by atoms with E-state index in [-0.39, 0.29) is 35.8 Å². The molecule has 32 heavy (non-hydrogen) atoms. The molecule has 0 aromatic heterocycles. The maximum Gasteiger partial charge on any atom is 0.246 e. The van der Waals surface area contributed by atoms with Crippen molar-refractivity contribution in [3.63, 3.8) is 0 Å². The van der Waals surface area contributed by atoms with E-state index in [2.05, 4.69) is 10.6 Å². The molecule has 1 spiro atoms. The third-order valence-electron chi connectivity index (χ3n) is 8.32. The highest BCUT2D eigenvalue weighted by molar-refractivity contribution is 6.00. The topological polar surface area (TPSA) is 87.7 Å². The first-order chi connectivity index (χ1) is 15.4. The number of amides is 3. The number of nitrogens with zero attached hydrogens (tertiary/aromatic N) is 1. The van der Waals surface area contributed by atoms with Crippen molar-refractivity contribution in [3.8, 4) is 0 Å². The predicted molar refractivity (Wildman–Crippen MR) is 120 cm³/mol. The van der Waals surface area contributed by atoms with Gasteiger partial charge in [0.2, 0.25) is 17.7 Å². The Bertz CT molecular complexity index is 799. The van der Waals surface area contributed by atoms with Crippen LogP contribution in [0.15, 0.2) is 12.2 Å². The molecule has 176 valence electrons. The quantitative estimate of drug-likeness (QED) is 0.639. The highest BCUT2D eigenvalue weighted by Crippen LogP contribution is 2.55. The molecule has 5 aliphatic rings. The number of carbonyl (C=O) groups is 3. The van der Waals surface area contributed by atoms with Crippen LogP contribution in [0.25, 0.3) is 0 Å². The van der Waals surface area contributed by atoms with Crippen molar-refractivity contribution in [1.29, 1.82) is 0 Å². The van der Waals surface area contributed by atoms with Gasteiger partial charge < -0.3 is 20.3 Å². The van der Waals surface area contributed by atoms with Crippen LogP contribution in [-0.4, -0.2) is 58.5 Å². The number of nitrogens with one attached hydrogen (secondary N) is 2. The summed E-state index contributed by atoms with van der Waals surface area (Å²) >= 11 is 0. The summed E-state index contributed by atoms with van der Waals surface area (Å²) in [5.74, 6) is -1.56. The van der Waals surface area contributed by atoms with Crippen LogP contribution >= 0.6 is 0 Å². The van der Waals surface area contributed by atoms with Crippen molar-refractivity contribution in [1.82, 2.24) is 15.5 Å². The SMILES string of the molecule is CC(C)N1C(=O)[C@H]2[C@@H](C(=O)NC3CCCCC3)[C@H]3C=C[C@]2(O3)[C@@H]1C(=O)NC1CCCCC1. The molecule has 2 saturated carbocycles. The van der Waals surface area contributed by atoms with Crippen LogP contribution in [0, 0.1) is 11.8 Å². The largest absolute Gasteiger partial charge is 0.359 e. The average molecular weight is 444 g/mol. The Hall–Kier alpha value is -1.89. The molecule has 0 radical (unpaired) electrons. The summed E-state index contributed by atoms with van der Waals surface area (Å²) in [6, 6.07) is -0.541. The van der Waals surface area contributed by atoms with Crippen LogP contribution in [0.5, 0.6) is 0 Å². The van der Waals surface area contributed by atoms with Crippen LogP contribution in [0.1, 0.15) is 78.1 Å². The monoisotopic (exact) mass is 443 g/mol. The van der Waals surface area contributed by atoms with Crippen LogP contribution < -0.4 is 10.6 Å². The molecule has 3 heterocycles. The first-order valence-electron chi connectivity index (χ1n) is 12.7. The van der Waals surface area contributed by atoms with Crippen LogP contribution in [0.2, 0.25) is 0 Å². The van der Waals surface area contributed by atoms with E-state index in [0.717, 1.165) is 51.4 Å². The number of hydrogen-bond donors (Lipinski definition) is 2. The van der Waals surface area contributed by atoms with Crippen molar-refractivity contribution in [2.24, 2.45) is 11.8 Å². The fourth-order valence-electron chi connectivity index (χ4n) is 6.83. The number of hydrogen-bond acceptors (Lipinski definition) is 4. The molecule has 0 aromatic rings. The van der Waals surface area contributed by atoms with E-state index in [1.807, 2.05) is 26.0 Å². The second-order valence-electron chi connectivity index (χ2n) is 10.7. The Balaban J connectivity index is 1.40. The predicted octanol–water partition coefficient (Wildman–Crippen LogP) is 2.44. The smallest absolute Gasteiger partial charge is 0.246 e. The third-order valence-corrected chi connectivity index (χ3v) is 8.32. The zero-order valence-corrected chi connectivity index (χ0v) is 19.3. The van der Waals surface area contributed by atoms with Gasteiger partial charge in [-0.3, -0.25) is 14.4 Å². The molecule has 5 atom stereocenters. The molecule has 0 aromatic carbocycles. The lowest BCUT2D eigenvalue weighted by Gasteiger charge is -2.35. The number of ether oxygens (including phenoxy) is 1. The summed E-state index contributed by atoms with van der Waals surface area (Å²) in [5.41, 5.74) is -1.04. The van der Waals surface area contributed by atoms with Gasteiger partial charge in [0, 0.05) is 18.1 Å². The number of likely N-dealkylation sites (tertiary alicyclic amines) is 1. The Labute approximate surface area is 190 Å². The average Bonchev–Trinajstić information content (AvgIpc) is 3.42. The number of fused-ring (bicyclic) bond motifs is 1. The Kier molecular flexibility index (Phi) is 5.81. The highest BCUT2D eigenvalue weighted by Gasteiger charge is 2.73. The number of carbonyl (C=O) groups excluding carboxylic acids is 3. The molecule has 7 heteroatoms. The molecule has 2 N–H and O–H groups in total. The van der Waals surface area contributed by atoms with Gasteiger partial charge in [-0.1, -0.05) is 50.7 Å². The molecular weight excluding hydrogens is 406 g/mol. The fraction of sp³-hybridized carbons (Fsp3) is 0.800. The van der Waals surface area contributed by atoms with E-state index >= 15 is 0 Å². The molecule has 2 aliphatic carbocycles. The van der Waals surface area contributed by atoms with Gasteiger partial charge in [0.05, 0.1) is 17.9 Å². The fourth-order valence-corrected chi connectivity index (χ4v) is 6.83. The summed E-state index contributed by atoms with van der Waals surface area (Å²) in [5, 5.41) is 6.42. The second-order valence-corrected chi connectivity index (χ2v) is 10.7. The maximum atomic E-state index is 13.7. The minimum Gasteiger partial charge on any atom is -0.359 e. The van der Waals surface area contributed by atoms with E-state index in [4.69, 9.17) is 4.74 Å². The Morgan fingerprint density at radius 2 is 1.53 bits per heavy atom. The van der Waals surface area contributed by atoms with E-state index in [1.54, 1.807) is 4.90 Å². The van der Waals surface area contributed by atoms with Gasteiger partial charge in [-0.25, -0.2) is 0 Å². The van der Waals surface area contributed by atoms with Crippen molar-refractivity contribution >= 4 is 17.7 Å². The lowest BCUT2D eigenvalue weighted by atomic mass is 9.74. The minimum atomic E-state index is -1.04. The van der Waals surface area contributed by atoms with Crippen LogP contribution in [0.3, 0.4) is 0 Å². The van der Waals surface area contributed by atoms with E-state index in [0.29, 0.717) is 0 Å². The van der Waals surface area contributed by atoms with Gasteiger partial charge in [0.25, 0.3) is 0 Å². The third kappa shape index (κ3) is 3.47. The molecule has 2 bridgehead atoms. The second kappa shape index (κ2) is 8.47. The zero-order chi connectivity index (χ0) is 22.5. The van der Waals surface area contributed by atoms with E-state index in [9.17, 15) is 14.4 Å². The normalized spacial score (nSPS) is 37.2. The van der Waals surface area contributed by atoms with E-state index in [1.165, 1.54) is 12.8 Å². The molecule has 0 unspecified atom stereocenters. The van der Waals surface area contributed by atoms with Gasteiger partial charge in [-0.15, -0.1) is 0 Å². The first kappa shape index (κ1) is 21.9. The Morgan fingerprint density at radius 1 is 0.969 bits per heavy atom. The Morgan fingerprint density at radius 3 is 2.09 bits per heavy atom. The van der Waals surface area contributed by atoms with E-state index < -0.39 is 29.6 Å². The summed E-state index contributed by atoms with van der Waals surface area (Å²) in [4.78, 5) is 42.3. The van der Waals surface area contributed by atoms with Gasteiger partial charge in [0.1, 0.15) is 11.6 Å². The molecule has 5 rings (SSSR count). The lowest BCUT2D eigenvalue weighted by molar-refractivity contribution is -0.144.